The van der Waals surface area contributed by atoms with Crippen molar-refractivity contribution in [2.75, 3.05) is 14.2 Å². The van der Waals surface area contributed by atoms with E-state index in [4.69, 9.17) is 9.47 Å². The highest BCUT2D eigenvalue weighted by atomic mass is 16.5. The standard InChI is InChI=1S/C22H23NO5/c1-16(24)23(20(21(25)27-2)22(26)28-3)19(18-12-8-5-9-13-18)15-14-17-10-6-4-7-11-17/h4-15,19-20H,1-3H3/b15-14+/t19-/m1/s1. The summed E-state index contributed by atoms with van der Waals surface area (Å²) in [5, 5.41) is 0. The van der Waals surface area contributed by atoms with Crippen molar-refractivity contribution in [3.8, 4) is 0 Å². The van der Waals surface area contributed by atoms with Gasteiger partial charge in [0.25, 0.3) is 0 Å². The Hall–Kier alpha value is -3.41. The van der Waals surface area contributed by atoms with Crippen molar-refractivity contribution in [3.05, 3.63) is 77.9 Å². The highest BCUT2D eigenvalue weighted by molar-refractivity contribution is 6.02. The number of benzene rings is 2. The third-order valence-corrected chi connectivity index (χ3v) is 4.20. The summed E-state index contributed by atoms with van der Waals surface area (Å²) in [6.45, 7) is 1.30. The SMILES string of the molecule is COC(=O)C(C(=O)OC)N(C(C)=O)[C@H](/C=C/c1ccccc1)c1ccccc1. The quantitative estimate of drug-likeness (QED) is 0.545. The van der Waals surface area contributed by atoms with E-state index in [2.05, 4.69) is 0 Å². The predicted octanol–water partition coefficient (Wildman–Crippen LogP) is 3.00. The Morgan fingerprint density at radius 1 is 0.857 bits per heavy atom. The van der Waals surface area contributed by atoms with Crippen LogP contribution in [0.2, 0.25) is 0 Å². The fraction of sp³-hybridized carbons (Fsp3) is 0.227. The lowest BCUT2D eigenvalue weighted by Gasteiger charge is -2.33. The molecule has 2 aromatic rings. The van der Waals surface area contributed by atoms with E-state index in [1.807, 2.05) is 66.7 Å². The van der Waals surface area contributed by atoms with Crippen LogP contribution in [0.1, 0.15) is 24.1 Å². The van der Waals surface area contributed by atoms with Gasteiger partial charge in [0, 0.05) is 6.92 Å². The lowest BCUT2D eigenvalue weighted by molar-refractivity contribution is -0.166. The summed E-state index contributed by atoms with van der Waals surface area (Å²) < 4.78 is 9.52. The Morgan fingerprint density at radius 3 is 1.82 bits per heavy atom. The molecule has 0 bridgehead atoms. The largest absolute Gasteiger partial charge is 0.467 e. The van der Waals surface area contributed by atoms with Gasteiger partial charge in [-0.1, -0.05) is 72.8 Å². The van der Waals surface area contributed by atoms with Crippen LogP contribution in [-0.4, -0.2) is 43.0 Å². The molecule has 0 unspecified atom stereocenters. The van der Waals surface area contributed by atoms with Crippen LogP contribution >= 0.6 is 0 Å². The summed E-state index contributed by atoms with van der Waals surface area (Å²) in [7, 11) is 2.32. The zero-order valence-corrected chi connectivity index (χ0v) is 16.1. The normalized spacial score (nSPS) is 11.9. The number of rotatable bonds is 7. The van der Waals surface area contributed by atoms with Crippen molar-refractivity contribution in [2.24, 2.45) is 0 Å². The molecular formula is C22H23NO5. The molecule has 6 heteroatoms. The van der Waals surface area contributed by atoms with Gasteiger partial charge in [-0.25, -0.2) is 9.59 Å². The van der Waals surface area contributed by atoms with Crippen LogP contribution in [0.3, 0.4) is 0 Å². The number of hydrogen-bond donors (Lipinski definition) is 0. The smallest absolute Gasteiger partial charge is 0.340 e. The van der Waals surface area contributed by atoms with E-state index in [9.17, 15) is 14.4 Å². The highest BCUT2D eigenvalue weighted by Gasteiger charge is 2.40. The number of carbonyl (C=O) groups is 3. The first kappa shape index (κ1) is 20.9. The summed E-state index contributed by atoms with van der Waals surface area (Å²) in [4.78, 5) is 38.4. The van der Waals surface area contributed by atoms with Gasteiger partial charge >= 0.3 is 11.9 Å². The molecular weight excluding hydrogens is 358 g/mol. The van der Waals surface area contributed by atoms with E-state index in [-0.39, 0.29) is 0 Å². The van der Waals surface area contributed by atoms with Gasteiger partial charge in [0.15, 0.2) is 0 Å². The van der Waals surface area contributed by atoms with Gasteiger partial charge in [0.05, 0.1) is 20.3 Å². The third-order valence-electron chi connectivity index (χ3n) is 4.20. The van der Waals surface area contributed by atoms with Gasteiger partial charge < -0.3 is 14.4 Å². The molecule has 0 aromatic heterocycles. The molecule has 0 aliphatic rings. The molecule has 0 aliphatic heterocycles. The minimum absolute atomic E-state index is 0.465. The Labute approximate surface area is 164 Å². The molecule has 0 saturated carbocycles. The lowest BCUT2D eigenvalue weighted by atomic mass is 10.0. The summed E-state index contributed by atoms with van der Waals surface area (Å²) >= 11 is 0. The van der Waals surface area contributed by atoms with Crippen LogP contribution in [0, 0.1) is 0 Å². The molecule has 146 valence electrons. The molecule has 0 N–H and O–H groups in total. The minimum atomic E-state index is -1.52. The number of ether oxygens (including phenoxy) is 2. The zero-order valence-electron chi connectivity index (χ0n) is 16.1. The van der Waals surface area contributed by atoms with Crippen molar-refractivity contribution in [1.82, 2.24) is 4.90 Å². The van der Waals surface area contributed by atoms with Crippen LogP contribution in [0.5, 0.6) is 0 Å². The highest BCUT2D eigenvalue weighted by Crippen LogP contribution is 2.27. The maximum atomic E-state index is 12.5. The molecule has 0 aliphatic carbocycles. The number of carbonyl (C=O) groups excluding carboxylic acids is 3. The number of hydrogen-bond acceptors (Lipinski definition) is 5. The van der Waals surface area contributed by atoms with Crippen LogP contribution in [0.25, 0.3) is 6.08 Å². The molecule has 0 heterocycles. The zero-order chi connectivity index (χ0) is 20.5. The van der Waals surface area contributed by atoms with E-state index in [1.54, 1.807) is 6.08 Å². The van der Waals surface area contributed by atoms with Gasteiger partial charge in [-0.05, 0) is 11.1 Å². The number of esters is 2. The second kappa shape index (κ2) is 10.1. The van der Waals surface area contributed by atoms with Crippen molar-refractivity contribution in [3.63, 3.8) is 0 Å². The van der Waals surface area contributed by atoms with Gasteiger partial charge in [-0.2, -0.15) is 0 Å². The molecule has 1 atom stereocenters. The average molecular weight is 381 g/mol. The van der Waals surface area contributed by atoms with Crippen molar-refractivity contribution in [2.45, 2.75) is 19.0 Å². The number of amides is 1. The molecule has 0 radical (unpaired) electrons. The molecule has 1 amide bonds. The second-order valence-corrected chi connectivity index (χ2v) is 6.00. The van der Waals surface area contributed by atoms with E-state index < -0.39 is 29.9 Å². The first-order chi connectivity index (χ1) is 13.5. The summed E-state index contributed by atoms with van der Waals surface area (Å²) in [6.07, 6.45) is 3.60. The average Bonchev–Trinajstić information content (AvgIpc) is 2.73. The molecule has 0 spiro atoms. The number of nitrogens with zero attached hydrogens (tertiary/aromatic N) is 1. The van der Waals surface area contributed by atoms with Crippen LogP contribution in [-0.2, 0) is 23.9 Å². The Balaban J connectivity index is 2.56. The molecule has 2 rings (SSSR count). The summed E-state index contributed by atoms with van der Waals surface area (Å²) in [5.41, 5.74) is 1.65. The van der Waals surface area contributed by atoms with Crippen LogP contribution in [0.15, 0.2) is 66.7 Å². The third kappa shape index (κ3) is 5.07. The Bertz CT molecular complexity index is 817. The molecule has 0 saturated heterocycles. The first-order valence-corrected chi connectivity index (χ1v) is 8.72. The monoisotopic (exact) mass is 381 g/mol. The first-order valence-electron chi connectivity index (χ1n) is 8.72. The van der Waals surface area contributed by atoms with E-state index >= 15 is 0 Å². The number of methoxy groups -OCH3 is 2. The molecule has 2 aromatic carbocycles. The fourth-order valence-electron chi connectivity index (χ4n) is 2.87. The van der Waals surface area contributed by atoms with Crippen molar-refractivity contribution < 1.29 is 23.9 Å². The maximum absolute atomic E-state index is 12.5. The van der Waals surface area contributed by atoms with Crippen molar-refractivity contribution in [1.29, 1.82) is 0 Å². The molecule has 6 nitrogen and oxygen atoms in total. The summed E-state index contributed by atoms with van der Waals surface area (Å²) in [5.74, 6) is -2.19. The lowest BCUT2D eigenvalue weighted by Crippen LogP contribution is -2.51. The van der Waals surface area contributed by atoms with Gasteiger partial charge in [0.1, 0.15) is 0 Å². The molecule has 28 heavy (non-hydrogen) atoms. The molecule has 0 fully saturated rings. The van der Waals surface area contributed by atoms with Gasteiger partial charge in [0.2, 0.25) is 11.9 Å². The van der Waals surface area contributed by atoms with Crippen molar-refractivity contribution >= 4 is 23.9 Å². The fourth-order valence-corrected chi connectivity index (χ4v) is 2.87. The second-order valence-electron chi connectivity index (χ2n) is 6.00. The van der Waals surface area contributed by atoms with Gasteiger partial charge in [-0.15, -0.1) is 0 Å². The predicted molar refractivity (Wildman–Crippen MR) is 105 cm³/mol. The van der Waals surface area contributed by atoms with Crippen LogP contribution in [0.4, 0.5) is 0 Å². The topological polar surface area (TPSA) is 72.9 Å². The van der Waals surface area contributed by atoms with Gasteiger partial charge in [-0.3, -0.25) is 4.79 Å². The van der Waals surface area contributed by atoms with E-state index in [0.29, 0.717) is 0 Å². The maximum Gasteiger partial charge on any atom is 0.340 e. The Kier molecular flexibility index (Phi) is 7.51. The minimum Gasteiger partial charge on any atom is -0.467 e. The van der Waals surface area contributed by atoms with E-state index in [0.717, 1.165) is 25.3 Å². The summed E-state index contributed by atoms with van der Waals surface area (Å²) in [6, 6.07) is 16.4. The van der Waals surface area contributed by atoms with E-state index in [1.165, 1.54) is 11.8 Å². The Morgan fingerprint density at radius 2 is 1.36 bits per heavy atom. The van der Waals surface area contributed by atoms with Crippen LogP contribution < -0.4 is 0 Å².